The number of carbonyl (C=O) groups is 1. The Labute approximate surface area is 220 Å². The number of benzene rings is 2. The second-order valence-corrected chi connectivity index (χ2v) is 9.16. The first-order chi connectivity index (χ1) is 18.5. The predicted molar refractivity (Wildman–Crippen MR) is 145 cm³/mol. The molecule has 9 nitrogen and oxygen atoms in total. The van der Waals surface area contributed by atoms with Crippen LogP contribution in [0.1, 0.15) is 54.4 Å². The minimum absolute atomic E-state index is 0.0572. The molecule has 0 aliphatic rings. The van der Waals surface area contributed by atoms with Gasteiger partial charge in [-0.3, -0.25) is 18.9 Å². The van der Waals surface area contributed by atoms with Crippen molar-refractivity contribution in [3.8, 4) is 28.3 Å². The molecule has 38 heavy (non-hydrogen) atoms. The number of imidazole rings is 1. The SMILES string of the molecule is CCCc1cn(-c2c(CC)cccc2C(C)=O)c(=O)n1Cc1ccc(-c2cccnc2-c2nn[nH]n2)cc1. The van der Waals surface area contributed by atoms with E-state index in [2.05, 4.69) is 32.5 Å². The van der Waals surface area contributed by atoms with Crippen molar-refractivity contribution in [2.75, 3.05) is 0 Å². The normalized spacial score (nSPS) is 11.1. The third-order valence-corrected chi connectivity index (χ3v) is 6.66. The van der Waals surface area contributed by atoms with Gasteiger partial charge in [0.1, 0.15) is 5.69 Å². The zero-order valence-electron chi connectivity index (χ0n) is 21.7. The maximum Gasteiger partial charge on any atom is 0.333 e. The number of pyridine rings is 1. The minimum atomic E-state index is -0.146. The van der Waals surface area contributed by atoms with Gasteiger partial charge in [-0.25, -0.2) is 4.79 Å². The number of H-pyrrole nitrogens is 1. The Bertz CT molecular complexity index is 1630. The van der Waals surface area contributed by atoms with Gasteiger partial charge in [-0.1, -0.05) is 62.7 Å². The highest BCUT2D eigenvalue weighted by Crippen LogP contribution is 2.28. The van der Waals surface area contributed by atoms with E-state index in [4.69, 9.17) is 0 Å². The van der Waals surface area contributed by atoms with E-state index in [0.717, 1.165) is 47.2 Å². The van der Waals surface area contributed by atoms with Crippen molar-refractivity contribution in [2.24, 2.45) is 0 Å². The molecule has 5 aromatic rings. The van der Waals surface area contributed by atoms with E-state index < -0.39 is 0 Å². The summed E-state index contributed by atoms with van der Waals surface area (Å²) in [6, 6.07) is 17.5. The molecule has 1 N–H and O–H groups in total. The van der Waals surface area contributed by atoms with Crippen molar-refractivity contribution >= 4 is 5.78 Å². The van der Waals surface area contributed by atoms with Crippen molar-refractivity contribution in [3.63, 3.8) is 0 Å². The van der Waals surface area contributed by atoms with Crippen LogP contribution in [0.4, 0.5) is 0 Å². The van der Waals surface area contributed by atoms with Crippen molar-refractivity contribution in [1.82, 2.24) is 34.7 Å². The van der Waals surface area contributed by atoms with E-state index in [-0.39, 0.29) is 11.5 Å². The first-order valence-corrected chi connectivity index (χ1v) is 12.7. The van der Waals surface area contributed by atoms with Crippen LogP contribution in [0.5, 0.6) is 0 Å². The van der Waals surface area contributed by atoms with E-state index in [9.17, 15) is 9.59 Å². The third-order valence-electron chi connectivity index (χ3n) is 6.66. The van der Waals surface area contributed by atoms with Crippen molar-refractivity contribution in [1.29, 1.82) is 0 Å². The number of aromatic amines is 1. The maximum atomic E-state index is 13.8. The summed E-state index contributed by atoms with van der Waals surface area (Å²) in [5.74, 6) is 0.372. The Balaban J connectivity index is 1.52. The summed E-state index contributed by atoms with van der Waals surface area (Å²) in [5, 5.41) is 14.3. The lowest BCUT2D eigenvalue weighted by Crippen LogP contribution is -2.26. The number of aromatic nitrogens is 7. The Morgan fingerprint density at radius 2 is 1.84 bits per heavy atom. The van der Waals surface area contributed by atoms with Crippen molar-refractivity contribution < 1.29 is 4.79 Å². The molecule has 0 fully saturated rings. The summed E-state index contributed by atoms with van der Waals surface area (Å²) < 4.78 is 3.46. The fourth-order valence-corrected chi connectivity index (χ4v) is 4.81. The molecule has 2 aromatic carbocycles. The summed E-state index contributed by atoms with van der Waals surface area (Å²) in [4.78, 5) is 30.6. The molecule has 0 saturated heterocycles. The highest BCUT2D eigenvalue weighted by Gasteiger charge is 2.19. The van der Waals surface area contributed by atoms with Gasteiger partial charge in [0.05, 0.1) is 12.2 Å². The van der Waals surface area contributed by atoms with E-state index in [0.29, 0.717) is 29.3 Å². The largest absolute Gasteiger partial charge is 0.333 e. The average molecular weight is 508 g/mol. The Morgan fingerprint density at radius 1 is 1.03 bits per heavy atom. The fourth-order valence-electron chi connectivity index (χ4n) is 4.81. The molecule has 5 rings (SSSR count). The molecule has 0 aliphatic heterocycles. The van der Waals surface area contributed by atoms with E-state index in [1.54, 1.807) is 23.8 Å². The van der Waals surface area contributed by atoms with Crippen LogP contribution in [0.15, 0.2) is 71.8 Å². The number of hydrogen-bond donors (Lipinski definition) is 1. The number of para-hydroxylation sites is 1. The maximum absolute atomic E-state index is 13.8. The third kappa shape index (κ3) is 4.70. The molecule has 0 unspecified atom stereocenters. The molecule has 0 amide bonds. The number of rotatable bonds is 9. The molecule has 0 spiro atoms. The summed E-state index contributed by atoms with van der Waals surface area (Å²) in [6.07, 6.45) is 5.97. The van der Waals surface area contributed by atoms with Gasteiger partial charge >= 0.3 is 5.69 Å². The molecule has 0 bridgehead atoms. The molecule has 0 aliphatic carbocycles. The average Bonchev–Trinajstić information content (AvgIpc) is 3.58. The number of hydrogen-bond acceptors (Lipinski definition) is 6. The molecular weight excluding hydrogens is 478 g/mol. The molecule has 192 valence electrons. The van der Waals surface area contributed by atoms with Crippen molar-refractivity contribution in [3.05, 3.63) is 99.9 Å². The first-order valence-electron chi connectivity index (χ1n) is 12.7. The van der Waals surface area contributed by atoms with Gasteiger partial charge in [-0.2, -0.15) is 5.21 Å². The van der Waals surface area contributed by atoms with Gasteiger partial charge in [0.15, 0.2) is 5.78 Å². The molecule has 0 saturated carbocycles. The zero-order chi connectivity index (χ0) is 26.6. The number of nitrogens with one attached hydrogen (secondary N) is 1. The van der Waals surface area contributed by atoms with Crippen LogP contribution in [-0.2, 0) is 19.4 Å². The lowest BCUT2D eigenvalue weighted by molar-refractivity contribution is 0.101. The van der Waals surface area contributed by atoms with E-state index >= 15 is 0 Å². The quantitative estimate of drug-likeness (QED) is 0.291. The van der Waals surface area contributed by atoms with Gasteiger partial charge in [0.2, 0.25) is 5.82 Å². The Kier molecular flexibility index (Phi) is 7.08. The van der Waals surface area contributed by atoms with Crippen molar-refractivity contribution in [2.45, 2.75) is 46.6 Å². The minimum Gasteiger partial charge on any atom is -0.294 e. The molecular formula is C29H29N7O2. The number of aryl methyl sites for hydroxylation is 2. The second kappa shape index (κ2) is 10.8. The van der Waals surface area contributed by atoms with Crippen LogP contribution in [0.3, 0.4) is 0 Å². The Morgan fingerprint density at radius 3 is 2.53 bits per heavy atom. The smallest absolute Gasteiger partial charge is 0.294 e. The van der Waals surface area contributed by atoms with Crippen LogP contribution < -0.4 is 5.69 Å². The molecule has 9 heteroatoms. The first kappa shape index (κ1) is 25.0. The summed E-state index contributed by atoms with van der Waals surface area (Å²) in [7, 11) is 0. The molecule has 3 heterocycles. The number of tetrazole rings is 1. The van der Waals surface area contributed by atoms with Crippen LogP contribution in [-0.4, -0.2) is 40.5 Å². The standard InChI is InChI=1S/C29H29N7O2/c1-4-8-23-18-36(27-21(5-2)9-6-10-24(27)19(3)37)29(38)35(23)17-20-12-14-22(15-13-20)25-11-7-16-30-26(25)28-31-33-34-32-28/h6-7,9-16,18H,4-5,8,17H2,1-3H3,(H,31,32,33,34). The molecule has 0 atom stereocenters. The van der Waals surface area contributed by atoms with Gasteiger partial charge in [0.25, 0.3) is 0 Å². The number of Topliss-reactive ketones (excluding diaryl/α,β-unsaturated/α-hetero) is 1. The van der Waals surface area contributed by atoms with E-state index in [1.807, 2.05) is 66.2 Å². The zero-order valence-corrected chi connectivity index (χ0v) is 21.7. The van der Waals surface area contributed by atoms with Gasteiger partial charge in [-0.15, -0.1) is 10.2 Å². The van der Waals surface area contributed by atoms with Gasteiger partial charge < -0.3 is 0 Å². The molecule has 3 aromatic heterocycles. The van der Waals surface area contributed by atoms with E-state index in [1.165, 1.54) is 0 Å². The van der Waals surface area contributed by atoms with Crippen LogP contribution in [0.25, 0.3) is 28.3 Å². The highest BCUT2D eigenvalue weighted by molar-refractivity contribution is 5.98. The number of ketones is 1. The summed E-state index contributed by atoms with van der Waals surface area (Å²) in [5.41, 5.74) is 6.50. The van der Waals surface area contributed by atoms with Crippen LogP contribution in [0, 0.1) is 0 Å². The highest BCUT2D eigenvalue weighted by atomic mass is 16.2. The topological polar surface area (TPSA) is 111 Å². The van der Waals surface area contributed by atoms with Crippen LogP contribution >= 0.6 is 0 Å². The summed E-state index contributed by atoms with van der Waals surface area (Å²) >= 11 is 0. The van der Waals surface area contributed by atoms with Gasteiger partial charge in [0, 0.05) is 29.2 Å². The fraction of sp³-hybridized carbons (Fsp3) is 0.241. The predicted octanol–water partition coefficient (Wildman–Crippen LogP) is 4.65. The monoisotopic (exact) mass is 507 g/mol. The Hall–Kier alpha value is -4.66. The lowest BCUT2D eigenvalue weighted by Gasteiger charge is -2.12. The van der Waals surface area contributed by atoms with Gasteiger partial charge in [-0.05, 0) is 53.8 Å². The number of nitrogens with zero attached hydrogens (tertiary/aromatic N) is 6. The molecule has 0 radical (unpaired) electrons. The lowest BCUT2D eigenvalue weighted by atomic mass is 10.0. The summed E-state index contributed by atoms with van der Waals surface area (Å²) in [6.45, 7) is 6.10. The second-order valence-electron chi connectivity index (χ2n) is 9.16. The number of carbonyl (C=O) groups excluding carboxylic acids is 1. The van der Waals surface area contributed by atoms with Crippen LogP contribution in [0.2, 0.25) is 0 Å².